The molecule has 4 nitrogen and oxygen atoms in total. The summed E-state index contributed by atoms with van der Waals surface area (Å²) in [6.45, 7) is 0.535. The number of nitrogens with one attached hydrogen (secondary N) is 1. The van der Waals surface area contributed by atoms with Crippen LogP contribution in [0.4, 0.5) is 5.69 Å². The molecule has 0 spiro atoms. The Morgan fingerprint density at radius 2 is 1.92 bits per heavy atom. The van der Waals surface area contributed by atoms with Crippen LogP contribution in [0.5, 0.6) is 0 Å². The zero-order chi connectivity index (χ0) is 17.1. The van der Waals surface area contributed by atoms with Crippen molar-refractivity contribution in [3.05, 3.63) is 59.7 Å². The highest BCUT2D eigenvalue weighted by Crippen LogP contribution is 2.33. The van der Waals surface area contributed by atoms with E-state index in [4.69, 9.17) is 0 Å². The number of hydrogen-bond donors (Lipinski definition) is 1. The van der Waals surface area contributed by atoms with Crippen molar-refractivity contribution in [1.29, 1.82) is 0 Å². The Kier molecular flexibility index (Phi) is 4.90. The summed E-state index contributed by atoms with van der Waals surface area (Å²) in [7, 11) is 1.79. The van der Waals surface area contributed by atoms with Crippen molar-refractivity contribution in [2.45, 2.75) is 23.8 Å². The minimum Gasteiger partial charge on any atom is -0.341 e. The van der Waals surface area contributed by atoms with Crippen LogP contribution in [0.1, 0.15) is 23.5 Å². The molecule has 1 heterocycles. The predicted octanol–water partition coefficient (Wildman–Crippen LogP) is 3.49. The van der Waals surface area contributed by atoms with Crippen molar-refractivity contribution in [2.24, 2.45) is 0 Å². The molecule has 2 amide bonds. The number of nitrogens with zero attached hydrogens (tertiary/aromatic N) is 1. The summed E-state index contributed by atoms with van der Waals surface area (Å²) in [6.07, 6.45) is 2.24. The molecular formula is C19H20N2O2S. The Bertz CT molecular complexity index is 758. The van der Waals surface area contributed by atoms with Gasteiger partial charge in [0.25, 0.3) is 0 Å². The lowest BCUT2D eigenvalue weighted by Crippen LogP contribution is -2.36. The Labute approximate surface area is 146 Å². The van der Waals surface area contributed by atoms with E-state index in [2.05, 4.69) is 17.4 Å². The number of thioether (sulfide) groups is 1. The van der Waals surface area contributed by atoms with Crippen LogP contribution in [-0.2, 0) is 16.1 Å². The van der Waals surface area contributed by atoms with Crippen molar-refractivity contribution in [3.8, 4) is 0 Å². The van der Waals surface area contributed by atoms with Gasteiger partial charge in [0.15, 0.2) is 0 Å². The molecule has 0 saturated heterocycles. The van der Waals surface area contributed by atoms with E-state index in [0.29, 0.717) is 6.54 Å². The van der Waals surface area contributed by atoms with Crippen LogP contribution in [-0.4, -0.2) is 30.0 Å². The standard InChI is InChI=1S/C19H20N2O2S/c1-21(12-13-7-9-14(24-2)10-8-13)19(23)16-11-18(22)20-17-6-4-3-5-15(16)17/h3-10,16H,11-12H2,1-2H3,(H,20,22). The molecule has 5 heteroatoms. The van der Waals surface area contributed by atoms with Gasteiger partial charge in [-0.2, -0.15) is 0 Å². The molecule has 0 saturated carbocycles. The largest absolute Gasteiger partial charge is 0.341 e. The van der Waals surface area contributed by atoms with E-state index < -0.39 is 5.92 Å². The van der Waals surface area contributed by atoms with Crippen molar-refractivity contribution in [2.75, 3.05) is 18.6 Å². The minimum absolute atomic E-state index is 0.0220. The Morgan fingerprint density at radius 3 is 2.62 bits per heavy atom. The summed E-state index contributed by atoms with van der Waals surface area (Å²) in [4.78, 5) is 27.7. The molecule has 2 aromatic carbocycles. The van der Waals surface area contributed by atoms with E-state index in [0.717, 1.165) is 16.8 Å². The first-order valence-electron chi connectivity index (χ1n) is 7.85. The van der Waals surface area contributed by atoms with Crippen molar-refractivity contribution in [3.63, 3.8) is 0 Å². The molecule has 2 aromatic rings. The normalized spacial score (nSPS) is 16.2. The zero-order valence-electron chi connectivity index (χ0n) is 13.8. The summed E-state index contributed by atoms with van der Waals surface area (Å²) in [5, 5.41) is 2.83. The maximum atomic E-state index is 12.9. The van der Waals surface area contributed by atoms with Crippen molar-refractivity contribution in [1.82, 2.24) is 4.90 Å². The number of fused-ring (bicyclic) bond motifs is 1. The van der Waals surface area contributed by atoms with Gasteiger partial charge < -0.3 is 10.2 Å². The number of amides is 2. The first-order chi connectivity index (χ1) is 11.6. The Morgan fingerprint density at radius 1 is 1.21 bits per heavy atom. The molecule has 0 fully saturated rings. The third-order valence-corrected chi connectivity index (χ3v) is 5.00. The van der Waals surface area contributed by atoms with Gasteiger partial charge in [0.1, 0.15) is 0 Å². The lowest BCUT2D eigenvalue weighted by molar-refractivity contribution is -0.134. The van der Waals surface area contributed by atoms with Crippen LogP contribution in [0, 0.1) is 0 Å². The number of carbonyl (C=O) groups excluding carboxylic acids is 2. The molecule has 1 atom stereocenters. The first kappa shape index (κ1) is 16.6. The van der Waals surface area contributed by atoms with E-state index in [1.54, 1.807) is 23.7 Å². The molecule has 3 rings (SSSR count). The Balaban J connectivity index is 1.76. The van der Waals surface area contributed by atoms with Gasteiger partial charge in [-0.05, 0) is 35.6 Å². The van der Waals surface area contributed by atoms with Gasteiger partial charge >= 0.3 is 0 Å². The van der Waals surface area contributed by atoms with Gasteiger partial charge in [0.2, 0.25) is 11.8 Å². The number of rotatable bonds is 4. The summed E-state index contributed by atoms with van der Waals surface area (Å²) < 4.78 is 0. The second kappa shape index (κ2) is 7.09. The molecule has 1 N–H and O–H groups in total. The van der Waals surface area contributed by atoms with Gasteiger partial charge in [0.05, 0.1) is 5.92 Å². The van der Waals surface area contributed by atoms with Crippen molar-refractivity contribution >= 4 is 29.3 Å². The molecule has 0 radical (unpaired) electrons. The van der Waals surface area contributed by atoms with Crippen LogP contribution >= 0.6 is 11.8 Å². The third-order valence-electron chi connectivity index (χ3n) is 4.25. The van der Waals surface area contributed by atoms with Gasteiger partial charge in [-0.1, -0.05) is 30.3 Å². The SMILES string of the molecule is CSc1ccc(CN(C)C(=O)C2CC(=O)Nc3ccccc32)cc1. The van der Waals surface area contributed by atoms with Crippen LogP contribution in [0.3, 0.4) is 0 Å². The third kappa shape index (κ3) is 3.46. The number of likely N-dealkylation sites (N-methyl/N-ethyl adjacent to an activating group) is 1. The van der Waals surface area contributed by atoms with E-state index in [-0.39, 0.29) is 18.2 Å². The van der Waals surface area contributed by atoms with E-state index in [1.165, 1.54) is 4.90 Å². The lowest BCUT2D eigenvalue weighted by atomic mass is 9.89. The van der Waals surface area contributed by atoms with Crippen molar-refractivity contribution < 1.29 is 9.59 Å². The minimum atomic E-state index is -0.412. The molecule has 24 heavy (non-hydrogen) atoms. The maximum absolute atomic E-state index is 12.9. The number of anilines is 1. The van der Waals surface area contributed by atoms with E-state index in [1.807, 2.05) is 42.7 Å². The Hall–Kier alpha value is -2.27. The smallest absolute Gasteiger partial charge is 0.230 e. The number of benzene rings is 2. The predicted molar refractivity (Wildman–Crippen MR) is 97.1 cm³/mol. The molecule has 1 aliphatic heterocycles. The van der Waals surface area contributed by atoms with Crippen LogP contribution in [0.2, 0.25) is 0 Å². The van der Waals surface area contributed by atoms with Gasteiger partial charge in [0, 0.05) is 30.6 Å². The first-order valence-corrected chi connectivity index (χ1v) is 9.07. The molecule has 124 valence electrons. The monoisotopic (exact) mass is 340 g/mol. The topological polar surface area (TPSA) is 49.4 Å². The average Bonchev–Trinajstić information content (AvgIpc) is 2.61. The van der Waals surface area contributed by atoms with Crippen LogP contribution in [0.15, 0.2) is 53.4 Å². The van der Waals surface area contributed by atoms with Crippen LogP contribution in [0.25, 0.3) is 0 Å². The lowest BCUT2D eigenvalue weighted by Gasteiger charge is -2.28. The highest BCUT2D eigenvalue weighted by molar-refractivity contribution is 7.98. The quantitative estimate of drug-likeness (QED) is 0.867. The fourth-order valence-electron chi connectivity index (χ4n) is 2.98. The fourth-order valence-corrected chi connectivity index (χ4v) is 3.39. The van der Waals surface area contributed by atoms with E-state index >= 15 is 0 Å². The molecule has 1 unspecified atom stereocenters. The van der Waals surface area contributed by atoms with Gasteiger partial charge in [-0.25, -0.2) is 0 Å². The molecule has 1 aliphatic rings. The summed E-state index contributed by atoms with van der Waals surface area (Å²) in [5.41, 5.74) is 2.72. The zero-order valence-corrected chi connectivity index (χ0v) is 14.6. The summed E-state index contributed by atoms with van der Waals surface area (Å²) in [5.74, 6) is -0.540. The highest BCUT2D eigenvalue weighted by atomic mass is 32.2. The second-order valence-electron chi connectivity index (χ2n) is 5.93. The number of hydrogen-bond acceptors (Lipinski definition) is 3. The van der Waals surface area contributed by atoms with Gasteiger partial charge in [-0.3, -0.25) is 9.59 Å². The van der Waals surface area contributed by atoms with Crippen LogP contribution < -0.4 is 5.32 Å². The van der Waals surface area contributed by atoms with E-state index in [9.17, 15) is 9.59 Å². The maximum Gasteiger partial charge on any atom is 0.230 e. The molecular weight excluding hydrogens is 320 g/mol. The fraction of sp³-hybridized carbons (Fsp3) is 0.263. The second-order valence-corrected chi connectivity index (χ2v) is 6.81. The molecule has 0 aliphatic carbocycles. The average molecular weight is 340 g/mol. The van der Waals surface area contributed by atoms with Gasteiger partial charge in [-0.15, -0.1) is 11.8 Å². The highest BCUT2D eigenvalue weighted by Gasteiger charge is 2.32. The summed E-state index contributed by atoms with van der Waals surface area (Å²) >= 11 is 1.69. The number of para-hydroxylation sites is 1. The molecule has 0 aromatic heterocycles. The number of carbonyl (C=O) groups is 2. The molecule has 0 bridgehead atoms. The summed E-state index contributed by atoms with van der Waals surface area (Å²) in [6, 6.07) is 15.7.